The molecule has 146 valence electrons. The van der Waals surface area contributed by atoms with Gasteiger partial charge >= 0.3 is 0 Å². The van der Waals surface area contributed by atoms with Gasteiger partial charge in [0.15, 0.2) is 0 Å². The maximum absolute atomic E-state index is 13.2. The van der Waals surface area contributed by atoms with Crippen molar-refractivity contribution < 1.29 is 14.0 Å². The summed E-state index contributed by atoms with van der Waals surface area (Å²) in [7, 11) is 0. The summed E-state index contributed by atoms with van der Waals surface area (Å²) in [6.07, 6.45) is 2.21. The second kappa shape index (κ2) is 8.72. The minimum atomic E-state index is -0.268. The van der Waals surface area contributed by atoms with Gasteiger partial charge in [0.2, 0.25) is 0 Å². The number of benzene rings is 2. The molecule has 0 bridgehead atoms. The lowest BCUT2D eigenvalue weighted by molar-refractivity contribution is -0.136. The number of nitrogens with zero attached hydrogens (tertiary/aromatic N) is 1. The summed E-state index contributed by atoms with van der Waals surface area (Å²) in [5.74, 6) is 0.703. The van der Waals surface area contributed by atoms with Gasteiger partial charge in [-0.05, 0) is 41.8 Å². The van der Waals surface area contributed by atoms with E-state index >= 15 is 0 Å². The molecule has 1 aromatic heterocycles. The van der Waals surface area contributed by atoms with Gasteiger partial charge < -0.3 is 4.42 Å². The zero-order valence-corrected chi connectivity index (χ0v) is 17.1. The molecule has 0 aliphatic carbocycles. The molecule has 2 aromatic carbocycles. The van der Waals surface area contributed by atoms with Crippen LogP contribution in [0.25, 0.3) is 5.57 Å². The first-order valence-corrected chi connectivity index (χ1v) is 10.6. The molecule has 29 heavy (non-hydrogen) atoms. The Morgan fingerprint density at radius 1 is 0.897 bits per heavy atom. The number of carbonyl (C=O) groups is 2. The van der Waals surface area contributed by atoms with E-state index in [2.05, 4.69) is 0 Å². The Morgan fingerprint density at radius 2 is 1.66 bits per heavy atom. The van der Waals surface area contributed by atoms with Gasteiger partial charge in [0, 0.05) is 11.6 Å². The number of imide groups is 1. The normalized spacial score (nSPS) is 14.2. The zero-order valence-electron chi connectivity index (χ0n) is 15.5. The third-order valence-corrected chi connectivity index (χ3v) is 6.01. The Kier molecular flexibility index (Phi) is 5.88. The van der Waals surface area contributed by atoms with Crippen LogP contribution in [0, 0.1) is 0 Å². The predicted octanol–water partition coefficient (Wildman–Crippen LogP) is 5.19. The van der Waals surface area contributed by atoms with Crippen molar-refractivity contribution in [3.05, 3.63) is 99.8 Å². The number of rotatable bonds is 7. The molecule has 0 fully saturated rings. The van der Waals surface area contributed by atoms with Crippen LogP contribution in [-0.4, -0.2) is 23.3 Å². The molecule has 0 radical (unpaired) electrons. The Morgan fingerprint density at radius 3 is 2.34 bits per heavy atom. The van der Waals surface area contributed by atoms with Gasteiger partial charge in [-0.2, -0.15) is 0 Å². The van der Waals surface area contributed by atoms with E-state index < -0.39 is 0 Å². The highest BCUT2D eigenvalue weighted by atomic mass is 35.5. The summed E-state index contributed by atoms with van der Waals surface area (Å²) in [5, 5.41) is 0.580. The second-order valence-electron chi connectivity index (χ2n) is 6.58. The molecule has 0 atom stereocenters. The van der Waals surface area contributed by atoms with Crippen LogP contribution in [-0.2, 0) is 21.8 Å². The van der Waals surface area contributed by atoms with Crippen molar-refractivity contribution in [2.45, 2.75) is 12.2 Å². The first-order chi connectivity index (χ1) is 14.1. The number of carbonyl (C=O) groups excluding carboxylic acids is 2. The molecule has 4 nitrogen and oxygen atoms in total. The van der Waals surface area contributed by atoms with E-state index in [4.69, 9.17) is 16.0 Å². The molecule has 0 saturated carbocycles. The molecule has 4 rings (SSSR count). The highest BCUT2D eigenvalue weighted by molar-refractivity contribution is 8.03. The van der Waals surface area contributed by atoms with Crippen molar-refractivity contribution >= 4 is 40.8 Å². The Labute approximate surface area is 178 Å². The number of hydrogen-bond donors (Lipinski definition) is 0. The molecule has 2 amide bonds. The standard InChI is InChI=1S/C23H18ClNO3S/c24-18-10-8-17(9-11-18)20-21(29-15-19-7-4-14-28-19)23(27)25(22(20)26)13-12-16-5-2-1-3-6-16/h1-11,14H,12-13,15H2. The monoisotopic (exact) mass is 423 g/mol. The third-order valence-electron chi connectivity index (χ3n) is 4.66. The van der Waals surface area contributed by atoms with Crippen LogP contribution in [0.15, 0.2) is 82.3 Å². The Hall–Kier alpha value is -2.76. The summed E-state index contributed by atoms with van der Waals surface area (Å²) < 4.78 is 5.37. The molecule has 1 aliphatic rings. The van der Waals surface area contributed by atoms with Crippen molar-refractivity contribution in [1.82, 2.24) is 4.90 Å². The average molecular weight is 424 g/mol. The van der Waals surface area contributed by atoms with Crippen LogP contribution in [0.5, 0.6) is 0 Å². The van der Waals surface area contributed by atoms with Crippen molar-refractivity contribution in [2.75, 3.05) is 6.54 Å². The lowest BCUT2D eigenvalue weighted by Gasteiger charge is -2.15. The van der Waals surface area contributed by atoms with Crippen LogP contribution in [0.4, 0.5) is 0 Å². The highest BCUT2D eigenvalue weighted by Gasteiger charge is 2.38. The number of halogens is 1. The molecule has 0 spiro atoms. The Bertz CT molecular complexity index is 1040. The third kappa shape index (κ3) is 4.31. The molecule has 3 aromatic rings. The maximum atomic E-state index is 13.2. The molecule has 0 unspecified atom stereocenters. The summed E-state index contributed by atoms with van der Waals surface area (Å²) in [6.45, 7) is 0.337. The lowest BCUT2D eigenvalue weighted by Crippen LogP contribution is -2.33. The van der Waals surface area contributed by atoms with Crippen molar-refractivity contribution in [3.8, 4) is 0 Å². The molecule has 1 aliphatic heterocycles. The second-order valence-corrected chi connectivity index (χ2v) is 8.00. The SMILES string of the molecule is O=C1C(SCc2ccco2)=C(c2ccc(Cl)cc2)C(=O)N1CCc1ccccc1. The quantitative estimate of drug-likeness (QED) is 0.491. The molecule has 0 N–H and O–H groups in total. The predicted molar refractivity (Wildman–Crippen MR) is 115 cm³/mol. The fourth-order valence-electron chi connectivity index (χ4n) is 3.19. The topological polar surface area (TPSA) is 50.5 Å². The van der Waals surface area contributed by atoms with Gasteiger partial charge in [-0.1, -0.05) is 54.1 Å². The van der Waals surface area contributed by atoms with Gasteiger partial charge in [0.25, 0.3) is 11.8 Å². The largest absolute Gasteiger partial charge is 0.468 e. The van der Waals surface area contributed by atoms with Crippen molar-refractivity contribution in [3.63, 3.8) is 0 Å². The first-order valence-electron chi connectivity index (χ1n) is 9.19. The molecule has 6 heteroatoms. The fraction of sp³-hybridized carbons (Fsp3) is 0.130. The van der Waals surface area contributed by atoms with Gasteiger partial charge in [-0.3, -0.25) is 14.5 Å². The summed E-state index contributed by atoms with van der Waals surface area (Å²) in [4.78, 5) is 28.1. The van der Waals surface area contributed by atoms with Gasteiger partial charge in [-0.15, -0.1) is 11.8 Å². The maximum Gasteiger partial charge on any atom is 0.268 e. The number of hydrogen-bond acceptors (Lipinski definition) is 4. The lowest BCUT2D eigenvalue weighted by atomic mass is 10.1. The summed E-state index contributed by atoms with van der Waals surface area (Å²) in [6, 6.07) is 20.5. The summed E-state index contributed by atoms with van der Waals surface area (Å²) in [5.41, 5.74) is 2.20. The first kappa shape index (κ1) is 19.6. The highest BCUT2D eigenvalue weighted by Crippen LogP contribution is 2.37. The van der Waals surface area contributed by atoms with E-state index in [9.17, 15) is 9.59 Å². The minimum absolute atomic E-state index is 0.257. The van der Waals surface area contributed by atoms with E-state index in [1.165, 1.54) is 16.7 Å². The van der Waals surface area contributed by atoms with E-state index in [0.717, 1.165) is 11.3 Å². The van der Waals surface area contributed by atoms with Crippen LogP contribution in [0.1, 0.15) is 16.9 Å². The van der Waals surface area contributed by atoms with Crippen LogP contribution in [0.3, 0.4) is 0 Å². The van der Waals surface area contributed by atoms with Gasteiger partial charge in [0.05, 0.1) is 22.5 Å². The van der Waals surface area contributed by atoms with E-state index in [1.807, 2.05) is 36.4 Å². The van der Waals surface area contributed by atoms with E-state index in [-0.39, 0.29) is 11.8 Å². The number of furan rings is 1. The van der Waals surface area contributed by atoms with E-state index in [1.54, 1.807) is 36.6 Å². The summed E-state index contributed by atoms with van der Waals surface area (Å²) >= 11 is 7.33. The average Bonchev–Trinajstić information content (AvgIpc) is 3.33. The number of amides is 2. The van der Waals surface area contributed by atoms with Crippen LogP contribution >= 0.6 is 23.4 Å². The van der Waals surface area contributed by atoms with Crippen molar-refractivity contribution in [2.24, 2.45) is 0 Å². The molecular formula is C23H18ClNO3S. The van der Waals surface area contributed by atoms with Gasteiger partial charge in [-0.25, -0.2) is 0 Å². The smallest absolute Gasteiger partial charge is 0.268 e. The van der Waals surface area contributed by atoms with Gasteiger partial charge in [0.1, 0.15) is 5.76 Å². The van der Waals surface area contributed by atoms with Crippen LogP contribution < -0.4 is 0 Å². The fourth-order valence-corrected chi connectivity index (χ4v) is 4.35. The molecule has 0 saturated heterocycles. The minimum Gasteiger partial charge on any atom is -0.468 e. The van der Waals surface area contributed by atoms with Crippen molar-refractivity contribution in [1.29, 1.82) is 0 Å². The Balaban J connectivity index is 1.60. The van der Waals surface area contributed by atoms with E-state index in [0.29, 0.717) is 39.8 Å². The van der Waals surface area contributed by atoms with Crippen LogP contribution in [0.2, 0.25) is 5.02 Å². The number of thioether (sulfide) groups is 1. The molecule has 2 heterocycles. The molecular weight excluding hydrogens is 406 g/mol. The zero-order chi connectivity index (χ0) is 20.2.